The molecule has 0 radical (unpaired) electrons. The van der Waals surface area contributed by atoms with E-state index in [0.717, 1.165) is 25.7 Å². The lowest BCUT2D eigenvalue weighted by molar-refractivity contribution is 0.0677. The van der Waals surface area contributed by atoms with E-state index < -0.39 is 0 Å². The number of carbonyl (C=O) groups is 4. The normalized spacial score (nSPS) is 28.0. The number of benzene rings is 2. The van der Waals surface area contributed by atoms with Crippen LogP contribution < -0.4 is 0 Å². The molecule has 6 rings (SSSR count). The zero-order valence-corrected chi connectivity index (χ0v) is 18.0. The number of hydrogen-bond donors (Lipinski definition) is 0. The first-order valence-electron chi connectivity index (χ1n) is 11.6. The third kappa shape index (κ3) is 3.38. The molecule has 4 heteroatoms. The second kappa shape index (κ2) is 8.42. The lowest BCUT2D eigenvalue weighted by atomic mass is 9.67. The number of fused-ring (bicyclic) bond motifs is 4. The van der Waals surface area contributed by atoms with E-state index in [4.69, 9.17) is 0 Å². The summed E-state index contributed by atoms with van der Waals surface area (Å²) in [5.41, 5.74) is 2.53. The van der Waals surface area contributed by atoms with E-state index >= 15 is 0 Å². The van der Waals surface area contributed by atoms with Crippen LogP contribution in [0.5, 0.6) is 0 Å². The van der Waals surface area contributed by atoms with Crippen LogP contribution >= 0.6 is 0 Å². The van der Waals surface area contributed by atoms with E-state index in [1.54, 1.807) is 24.3 Å². The summed E-state index contributed by atoms with van der Waals surface area (Å²) in [6.45, 7) is 0. The molecule has 162 valence electrons. The van der Waals surface area contributed by atoms with Gasteiger partial charge in [0.25, 0.3) is 0 Å². The van der Waals surface area contributed by atoms with Crippen LogP contribution in [0.3, 0.4) is 0 Å². The minimum atomic E-state index is -0.118. The van der Waals surface area contributed by atoms with Crippen LogP contribution in [-0.4, -0.2) is 23.1 Å². The molecule has 4 nitrogen and oxygen atoms in total. The molecule has 32 heavy (non-hydrogen) atoms. The van der Waals surface area contributed by atoms with Gasteiger partial charge in [0.1, 0.15) is 0 Å². The Labute approximate surface area is 187 Å². The van der Waals surface area contributed by atoms with Crippen molar-refractivity contribution in [3.8, 4) is 0 Å². The van der Waals surface area contributed by atoms with Crippen LogP contribution in [0.4, 0.5) is 0 Å². The molecule has 0 spiro atoms. The molecular weight excluding hydrogens is 400 g/mol. The lowest BCUT2D eigenvalue weighted by Gasteiger charge is -2.33. The minimum Gasteiger partial charge on any atom is -0.294 e. The van der Waals surface area contributed by atoms with Gasteiger partial charge in [-0.15, -0.1) is 0 Å². The largest absolute Gasteiger partial charge is 0.294 e. The van der Waals surface area contributed by atoms with Crippen molar-refractivity contribution in [3.05, 3.63) is 82.9 Å². The molecule has 0 aromatic heterocycles. The Morgan fingerprint density at radius 2 is 0.781 bits per heavy atom. The summed E-state index contributed by atoms with van der Waals surface area (Å²) in [4.78, 5) is 48.9. The molecule has 0 bridgehead atoms. The summed E-state index contributed by atoms with van der Waals surface area (Å²) in [6.07, 6.45) is 9.41. The van der Waals surface area contributed by atoms with E-state index in [2.05, 4.69) is 0 Å². The van der Waals surface area contributed by atoms with Crippen LogP contribution in [0, 0.1) is 23.7 Å². The smallest absolute Gasteiger partial charge is 0.167 e. The van der Waals surface area contributed by atoms with E-state index in [0.29, 0.717) is 35.1 Å². The van der Waals surface area contributed by atoms with Gasteiger partial charge in [0.05, 0.1) is 0 Å². The standard InChI is InChI=1S/C14H14O2.C14H12O2/c2*15-13-9-5-1-2-6-10(9)14(16)12-8-4-3-7-11(12)13/h1-2,5-6,11-12H,3-4,7-8H2;1-6,11-12H,7-8H2. The fraction of sp³-hybridized carbons (Fsp3) is 0.357. The first kappa shape index (κ1) is 20.7. The third-order valence-corrected chi connectivity index (χ3v) is 7.46. The first-order chi connectivity index (χ1) is 15.6. The van der Waals surface area contributed by atoms with Gasteiger partial charge in [0.2, 0.25) is 0 Å². The summed E-state index contributed by atoms with van der Waals surface area (Å²) < 4.78 is 0. The van der Waals surface area contributed by atoms with Crippen molar-refractivity contribution in [1.82, 2.24) is 0 Å². The van der Waals surface area contributed by atoms with Crippen molar-refractivity contribution in [2.24, 2.45) is 23.7 Å². The molecule has 4 atom stereocenters. The molecule has 0 heterocycles. The summed E-state index contributed by atoms with van der Waals surface area (Å²) in [7, 11) is 0. The number of ketones is 4. The van der Waals surface area contributed by atoms with Crippen molar-refractivity contribution < 1.29 is 19.2 Å². The van der Waals surface area contributed by atoms with Crippen molar-refractivity contribution in [1.29, 1.82) is 0 Å². The number of carbonyl (C=O) groups excluding carboxylic acids is 4. The predicted molar refractivity (Wildman–Crippen MR) is 121 cm³/mol. The first-order valence-corrected chi connectivity index (χ1v) is 11.6. The zero-order chi connectivity index (χ0) is 22.2. The molecule has 0 N–H and O–H groups in total. The van der Waals surface area contributed by atoms with Crippen molar-refractivity contribution in [2.75, 3.05) is 0 Å². The average Bonchev–Trinajstić information content (AvgIpc) is 2.86. The Hall–Kier alpha value is -3.14. The second-order valence-corrected chi connectivity index (χ2v) is 9.20. The van der Waals surface area contributed by atoms with Gasteiger partial charge < -0.3 is 0 Å². The van der Waals surface area contributed by atoms with Gasteiger partial charge in [0.15, 0.2) is 23.1 Å². The van der Waals surface area contributed by atoms with Crippen LogP contribution in [0.15, 0.2) is 60.7 Å². The molecule has 0 aliphatic heterocycles. The molecule has 2 aromatic carbocycles. The van der Waals surface area contributed by atoms with E-state index in [1.807, 2.05) is 36.4 Å². The molecule has 0 amide bonds. The quantitative estimate of drug-likeness (QED) is 0.520. The van der Waals surface area contributed by atoms with Crippen LogP contribution in [0.2, 0.25) is 0 Å². The molecule has 4 aliphatic rings. The fourth-order valence-corrected chi connectivity index (χ4v) is 5.78. The topological polar surface area (TPSA) is 68.3 Å². The Morgan fingerprint density at radius 1 is 0.469 bits per heavy atom. The van der Waals surface area contributed by atoms with E-state index in [9.17, 15) is 19.2 Å². The number of rotatable bonds is 0. The van der Waals surface area contributed by atoms with Gasteiger partial charge in [-0.25, -0.2) is 0 Å². The van der Waals surface area contributed by atoms with Gasteiger partial charge in [-0.05, 0) is 25.7 Å². The summed E-state index contributed by atoms with van der Waals surface area (Å²) in [6, 6.07) is 14.4. The van der Waals surface area contributed by atoms with Crippen LogP contribution in [0.1, 0.15) is 80.0 Å². The van der Waals surface area contributed by atoms with Gasteiger partial charge in [-0.3, -0.25) is 19.2 Å². The molecule has 4 unspecified atom stereocenters. The number of allylic oxidation sites excluding steroid dienone is 2. The zero-order valence-electron chi connectivity index (χ0n) is 18.0. The van der Waals surface area contributed by atoms with E-state index in [-0.39, 0.29) is 46.8 Å². The Balaban J connectivity index is 0.000000135. The van der Waals surface area contributed by atoms with Crippen molar-refractivity contribution in [2.45, 2.75) is 38.5 Å². The highest BCUT2D eigenvalue weighted by Crippen LogP contribution is 2.39. The van der Waals surface area contributed by atoms with Crippen molar-refractivity contribution in [3.63, 3.8) is 0 Å². The lowest BCUT2D eigenvalue weighted by Crippen LogP contribution is -2.38. The second-order valence-electron chi connectivity index (χ2n) is 9.20. The molecule has 1 fully saturated rings. The maximum absolute atomic E-state index is 12.2. The van der Waals surface area contributed by atoms with Crippen LogP contribution in [0.25, 0.3) is 0 Å². The summed E-state index contributed by atoms with van der Waals surface area (Å²) in [5.74, 6) is 0.376. The predicted octanol–water partition coefficient (Wildman–Crippen LogP) is 5.52. The van der Waals surface area contributed by atoms with Crippen LogP contribution in [-0.2, 0) is 0 Å². The molecule has 4 aliphatic carbocycles. The maximum Gasteiger partial charge on any atom is 0.167 e. The van der Waals surface area contributed by atoms with Crippen molar-refractivity contribution >= 4 is 23.1 Å². The number of Topliss-reactive ketones (excluding diaryl/α,β-unsaturated/α-hetero) is 4. The minimum absolute atomic E-state index is 0.0313. The van der Waals surface area contributed by atoms with Gasteiger partial charge in [-0.2, -0.15) is 0 Å². The highest BCUT2D eigenvalue weighted by molar-refractivity contribution is 6.16. The highest BCUT2D eigenvalue weighted by Gasteiger charge is 2.42. The Morgan fingerprint density at radius 3 is 1.12 bits per heavy atom. The summed E-state index contributed by atoms with van der Waals surface area (Å²) in [5, 5.41) is 0. The fourth-order valence-electron chi connectivity index (χ4n) is 5.78. The molecular formula is C28H26O4. The van der Waals surface area contributed by atoms with Gasteiger partial charge in [-0.1, -0.05) is 73.5 Å². The third-order valence-electron chi connectivity index (χ3n) is 7.46. The van der Waals surface area contributed by atoms with Gasteiger partial charge in [0, 0.05) is 45.9 Å². The van der Waals surface area contributed by atoms with E-state index in [1.165, 1.54) is 0 Å². The molecule has 0 saturated heterocycles. The molecule has 2 aromatic rings. The monoisotopic (exact) mass is 426 g/mol. The Kier molecular flexibility index (Phi) is 5.46. The highest BCUT2D eigenvalue weighted by atomic mass is 16.1. The maximum atomic E-state index is 12.2. The summed E-state index contributed by atoms with van der Waals surface area (Å²) >= 11 is 0. The Bertz CT molecular complexity index is 1050. The SMILES string of the molecule is O=C1c2ccccc2C(=O)C2CC=CCC12.O=C1c2ccccc2C(=O)C2CCCCC12. The number of hydrogen-bond acceptors (Lipinski definition) is 4. The average molecular weight is 427 g/mol. The molecule has 1 saturated carbocycles. The van der Waals surface area contributed by atoms with Gasteiger partial charge >= 0.3 is 0 Å².